The fourth-order valence-corrected chi connectivity index (χ4v) is 1.41. The Morgan fingerprint density at radius 1 is 1.18 bits per heavy atom. The van der Waals surface area contributed by atoms with Crippen molar-refractivity contribution in [3.63, 3.8) is 0 Å². The van der Waals surface area contributed by atoms with Gasteiger partial charge in [0, 0.05) is 5.71 Å². The molecule has 0 amide bonds. The minimum atomic E-state index is 0.735. The summed E-state index contributed by atoms with van der Waals surface area (Å²) in [6, 6.07) is 0. The Kier molecular flexibility index (Phi) is 4.84. The lowest BCUT2D eigenvalue weighted by atomic mass is 10.00. The average molecular weight is 153 g/mol. The van der Waals surface area contributed by atoms with Gasteiger partial charge in [0.25, 0.3) is 0 Å². The molecule has 1 nitrogen and oxygen atoms in total. The highest BCUT2D eigenvalue weighted by Crippen LogP contribution is 2.14. The van der Waals surface area contributed by atoms with E-state index in [-0.39, 0.29) is 0 Å². The van der Waals surface area contributed by atoms with Crippen LogP contribution in [0.15, 0.2) is 11.1 Å². The van der Waals surface area contributed by atoms with E-state index in [1.165, 1.54) is 17.6 Å². The lowest BCUT2D eigenvalue weighted by molar-refractivity contribution is 0.886. The van der Waals surface area contributed by atoms with Gasteiger partial charge >= 0.3 is 0 Å². The van der Waals surface area contributed by atoms with Gasteiger partial charge in [0.15, 0.2) is 0 Å². The fourth-order valence-electron chi connectivity index (χ4n) is 1.41. The molecule has 0 aromatic rings. The minimum absolute atomic E-state index is 0.735. The lowest BCUT2D eigenvalue weighted by Crippen LogP contribution is -1.97. The SMILES string of the molecule is CCC/C(C)=C(\CC)C(C)=N. The van der Waals surface area contributed by atoms with E-state index in [1.807, 2.05) is 6.92 Å². The fraction of sp³-hybridized carbons (Fsp3) is 0.700. The van der Waals surface area contributed by atoms with Gasteiger partial charge in [0.05, 0.1) is 0 Å². The van der Waals surface area contributed by atoms with Crippen molar-refractivity contribution in [2.45, 2.75) is 47.0 Å². The van der Waals surface area contributed by atoms with Crippen molar-refractivity contribution in [2.24, 2.45) is 0 Å². The second-order valence-corrected chi connectivity index (χ2v) is 2.99. The molecule has 0 saturated carbocycles. The van der Waals surface area contributed by atoms with Crippen LogP contribution in [0.5, 0.6) is 0 Å². The van der Waals surface area contributed by atoms with Crippen molar-refractivity contribution in [3.8, 4) is 0 Å². The topological polar surface area (TPSA) is 23.9 Å². The number of allylic oxidation sites excluding steroid dienone is 2. The predicted molar refractivity (Wildman–Crippen MR) is 51.3 cm³/mol. The van der Waals surface area contributed by atoms with E-state index in [0.717, 1.165) is 18.6 Å². The lowest BCUT2D eigenvalue weighted by Gasteiger charge is -2.07. The molecule has 0 unspecified atom stereocenters. The van der Waals surface area contributed by atoms with E-state index in [9.17, 15) is 0 Å². The summed E-state index contributed by atoms with van der Waals surface area (Å²) < 4.78 is 0. The smallest absolute Gasteiger partial charge is 0.0314 e. The molecular weight excluding hydrogens is 134 g/mol. The van der Waals surface area contributed by atoms with Crippen LogP contribution in [0.1, 0.15) is 47.0 Å². The van der Waals surface area contributed by atoms with Crippen LogP contribution in [0, 0.1) is 5.41 Å². The summed E-state index contributed by atoms with van der Waals surface area (Å²) in [5, 5.41) is 7.50. The van der Waals surface area contributed by atoms with Crippen molar-refractivity contribution in [3.05, 3.63) is 11.1 Å². The van der Waals surface area contributed by atoms with Gasteiger partial charge in [-0.1, -0.05) is 25.8 Å². The quantitative estimate of drug-likeness (QED) is 0.597. The highest BCUT2D eigenvalue weighted by molar-refractivity contribution is 5.96. The van der Waals surface area contributed by atoms with Crippen LogP contribution in [0.25, 0.3) is 0 Å². The standard InChI is InChI=1S/C10H19N/c1-5-7-8(3)10(6-2)9(4)11/h11H,5-7H2,1-4H3/b10-8+,11-9?. The number of hydrogen-bond acceptors (Lipinski definition) is 1. The third-order valence-corrected chi connectivity index (χ3v) is 1.95. The van der Waals surface area contributed by atoms with Crippen LogP contribution in [-0.2, 0) is 0 Å². The summed E-state index contributed by atoms with van der Waals surface area (Å²) in [6.07, 6.45) is 3.32. The second kappa shape index (κ2) is 5.11. The largest absolute Gasteiger partial charge is 0.305 e. The molecular formula is C10H19N. The van der Waals surface area contributed by atoms with Crippen LogP contribution in [0.4, 0.5) is 0 Å². The first-order valence-electron chi connectivity index (χ1n) is 4.37. The predicted octanol–water partition coefficient (Wildman–Crippen LogP) is 3.55. The van der Waals surface area contributed by atoms with Crippen LogP contribution >= 0.6 is 0 Å². The van der Waals surface area contributed by atoms with Crippen LogP contribution < -0.4 is 0 Å². The molecule has 0 aliphatic heterocycles. The highest BCUT2D eigenvalue weighted by Gasteiger charge is 2.00. The normalized spacial score (nSPS) is 12.7. The summed E-state index contributed by atoms with van der Waals surface area (Å²) in [6.45, 7) is 8.31. The van der Waals surface area contributed by atoms with Crippen molar-refractivity contribution in [1.29, 1.82) is 5.41 Å². The van der Waals surface area contributed by atoms with Gasteiger partial charge in [-0.3, -0.25) is 0 Å². The molecule has 0 saturated heterocycles. The summed E-state index contributed by atoms with van der Waals surface area (Å²) in [4.78, 5) is 0. The van der Waals surface area contributed by atoms with Crippen molar-refractivity contribution in [1.82, 2.24) is 0 Å². The van der Waals surface area contributed by atoms with Crippen LogP contribution in [-0.4, -0.2) is 5.71 Å². The summed E-state index contributed by atoms with van der Waals surface area (Å²) in [5.41, 5.74) is 3.37. The number of hydrogen-bond donors (Lipinski definition) is 1. The Hall–Kier alpha value is -0.590. The first kappa shape index (κ1) is 10.4. The molecule has 0 aromatic carbocycles. The maximum absolute atomic E-state index is 7.50. The van der Waals surface area contributed by atoms with Gasteiger partial charge in [-0.05, 0) is 32.3 Å². The van der Waals surface area contributed by atoms with E-state index in [2.05, 4.69) is 20.8 Å². The Bertz CT molecular complexity index is 166. The molecule has 0 rings (SSSR count). The van der Waals surface area contributed by atoms with Gasteiger partial charge in [0.2, 0.25) is 0 Å². The molecule has 0 atom stereocenters. The van der Waals surface area contributed by atoms with E-state index in [4.69, 9.17) is 5.41 Å². The van der Waals surface area contributed by atoms with E-state index in [0.29, 0.717) is 0 Å². The third-order valence-electron chi connectivity index (χ3n) is 1.95. The van der Waals surface area contributed by atoms with Crippen LogP contribution in [0.3, 0.4) is 0 Å². The Morgan fingerprint density at radius 2 is 1.73 bits per heavy atom. The van der Waals surface area contributed by atoms with Crippen molar-refractivity contribution in [2.75, 3.05) is 0 Å². The zero-order valence-corrected chi connectivity index (χ0v) is 8.12. The molecule has 0 heterocycles. The van der Waals surface area contributed by atoms with E-state index >= 15 is 0 Å². The molecule has 0 aliphatic rings. The average Bonchev–Trinajstić information content (AvgIpc) is 1.88. The van der Waals surface area contributed by atoms with Gasteiger partial charge < -0.3 is 5.41 Å². The molecule has 64 valence electrons. The summed E-state index contributed by atoms with van der Waals surface area (Å²) in [5.74, 6) is 0. The molecule has 0 bridgehead atoms. The van der Waals surface area contributed by atoms with E-state index < -0.39 is 0 Å². The Morgan fingerprint density at radius 3 is 2.00 bits per heavy atom. The minimum Gasteiger partial charge on any atom is -0.305 e. The molecule has 0 aliphatic carbocycles. The monoisotopic (exact) mass is 153 g/mol. The first-order chi connectivity index (χ1) is 5.13. The number of rotatable bonds is 4. The van der Waals surface area contributed by atoms with E-state index in [1.54, 1.807) is 0 Å². The third kappa shape index (κ3) is 3.35. The zero-order valence-electron chi connectivity index (χ0n) is 8.12. The Balaban J connectivity index is 4.40. The second-order valence-electron chi connectivity index (χ2n) is 2.99. The van der Waals surface area contributed by atoms with Crippen molar-refractivity contribution < 1.29 is 0 Å². The maximum Gasteiger partial charge on any atom is 0.0314 e. The molecule has 1 heteroatoms. The number of nitrogens with one attached hydrogen (secondary N) is 1. The molecule has 0 radical (unpaired) electrons. The molecule has 0 spiro atoms. The summed E-state index contributed by atoms with van der Waals surface area (Å²) >= 11 is 0. The van der Waals surface area contributed by atoms with Crippen molar-refractivity contribution >= 4 is 5.71 Å². The summed E-state index contributed by atoms with van der Waals surface area (Å²) in [7, 11) is 0. The maximum atomic E-state index is 7.50. The first-order valence-corrected chi connectivity index (χ1v) is 4.37. The van der Waals surface area contributed by atoms with Gasteiger partial charge in [0.1, 0.15) is 0 Å². The Labute approximate surface area is 70.0 Å². The van der Waals surface area contributed by atoms with Gasteiger partial charge in [-0.15, -0.1) is 0 Å². The van der Waals surface area contributed by atoms with Gasteiger partial charge in [-0.25, -0.2) is 0 Å². The molecule has 1 N–H and O–H groups in total. The highest BCUT2D eigenvalue weighted by atomic mass is 14.4. The van der Waals surface area contributed by atoms with Gasteiger partial charge in [-0.2, -0.15) is 0 Å². The molecule has 0 aromatic heterocycles. The van der Waals surface area contributed by atoms with Crippen LogP contribution in [0.2, 0.25) is 0 Å². The molecule has 11 heavy (non-hydrogen) atoms. The zero-order chi connectivity index (χ0) is 8.85. The molecule has 0 fully saturated rings.